The third kappa shape index (κ3) is 2.57. The number of pyridine rings is 1. The van der Waals surface area contributed by atoms with Crippen LogP contribution in [0.4, 0.5) is 5.69 Å². The summed E-state index contributed by atoms with van der Waals surface area (Å²) < 4.78 is 5.85. The van der Waals surface area contributed by atoms with Crippen molar-refractivity contribution >= 4 is 16.6 Å². The van der Waals surface area contributed by atoms with E-state index in [2.05, 4.69) is 4.98 Å². The molecular weight excluding hydrogens is 248 g/mol. The highest BCUT2D eigenvalue weighted by molar-refractivity contribution is 5.85. The minimum Gasteiger partial charge on any atom is -0.489 e. The van der Waals surface area contributed by atoms with Crippen LogP contribution in [0.15, 0.2) is 54.7 Å². The van der Waals surface area contributed by atoms with Crippen LogP contribution in [0.1, 0.15) is 11.1 Å². The zero-order chi connectivity index (χ0) is 13.9. The minimum absolute atomic E-state index is 0.557. The molecule has 0 bridgehead atoms. The van der Waals surface area contributed by atoms with Gasteiger partial charge in [-0.3, -0.25) is 4.98 Å². The van der Waals surface area contributed by atoms with E-state index in [0.717, 1.165) is 27.8 Å². The molecule has 0 fully saturated rings. The van der Waals surface area contributed by atoms with Crippen molar-refractivity contribution in [2.45, 2.75) is 13.5 Å². The topological polar surface area (TPSA) is 48.1 Å². The number of rotatable bonds is 3. The van der Waals surface area contributed by atoms with Crippen molar-refractivity contribution in [2.24, 2.45) is 0 Å². The molecule has 0 saturated heterocycles. The van der Waals surface area contributed by atoms with Gasteiger partial charge < -0.3 is 10.5 Å². The van der Waals surface area contributed by atoms with Crippen LogP contribution in [0.2, 0.25) is 0 Å². The van der Waals surface area contributed by atoms with Gasteiger partial charge in [0.15, 0.2) is 0 Å². The van der Waals surface area contributed by atoms with Gasteiger partial charge >= 0.3 is 0 Å². The predicted octanol–water partition coefficient (Wildman–Crippen LogP) is 3.70. The predicted molar refractivity (Wildman–Crippen MR) is 81.7 cm³/mol. The largest absolute Gasteiger partial charge is 0.489 e. The maximum atomic E-state index is 5.85. The standard InChI is InChI=1S/C17H16N2O/c1-12-7-16(20-11-13-5-3-2-4-6-13)9-14-8-15(18)10-19-17(12)14/h2-10H,11,18H2,1H3. The van der Waals surface area contributed by atoms with Crippen molar-refractivity contribution in [3.8, 4) is 5.75 Å². The number of ether oxygens (including phenoxy) is 1. The average Bonchev–Trinajstić information content (AvgIpc) is 2.46. The van der Waals surface area contributed by atoms with E-state index in [-0.39, 0.29) is 0 Å². The summed E-state index contributed by atoms with van der Waals surface area (Å²) in [5, 5.41) is 1.01. The van der Waals surface area contributed by atoms with Crippen molar-refractivity contribution < 1.29 is 4.74 Å². The van der Waals surface area contributed by atoms with E-state index in [1.165, 1.54) is 0 Å². The molecular formula is C17H16N2O. The van der Waals surface area contributed by atoms with E-state index in [4.69, 9.17) is 10.5 Å². The third-order valence-electron chi connectivity index (χ3n) is 3.22. The van der Waals surface area contributed by atoms with Gasteiger partial charge in [0.05, 0.1) is 17.4 Å². The van der Waals surface area contributed by atoms with Gasteiger partial charge in [-0.15, -0.1) is 0 Å². The van der Waals surface area contributed by atoms with E-state index < -0.39 is 0 Å². The molecule has 0 aliphatic heterocycles. The first-order valence-corrected chi connectivity index (χ1v) is 6.55. The summed E-state index contributed by atoms with van der Waals surface area (Å²) in [6.07, 6.45) is 1.68. The summed E-state index contributed by atoms with van der Waals surface area (Å²) in [5.74, 6) is 0.839. The Morgan fingerprint density at radius 1 is 1.10 bits per heavy atom. The fourth-order valence-electron chi connectivity index (χ4n) is 2.24. The molecule has 0 amide bonds. The molecule has 3 heteroatoms. The molecule has 0 spiro atoms. The Hall–Kier alpha value is -2.55. The molecule has 0 aliphatic rings. The van der Waals surface area contributed by atoms with E-state index in [0.29, 0.717) is 12.3 Å². The van der Waals surface area contributed by atoms with Gasteiger partial charge in [0.1, 0.15) is 12.4 Å². The third-order valence-corrected chi connectivity index (χ3v) is 3.22. The lowest BCUT2D eigenvalue weighted by molar-refractivity contribution is 0.306. The van der Waals surface area contributed by atoms with Crippen molar-refractivity contribution in [3.05, 3.63) is 65.9 Å². The Kier molecular flexibility index (Phi) is 3.25. The highest BCUT2D eigenvalue weighted by Gasteiger charge is 2.04. The van der Waals surface area contributed by atoms with Crippen molar-refractivity contribution in [2.75, 3.05) is 5.73 Å². The number of anilines is 1. The Morgan fingerprint density at radius 2 is 1.90 bits per heavy atom. The molecule has 0 saturated carbocycles. The number of aryl methyl sites for hydroxylation is 1. The van der Waals surface area contributed by atoms with Crippen LogP contribution in [0.3, 0.4) is 0 Å². The summed E-state index contributed by atoms with van der Waals surface area (Å²) in [6.45, 7) is 2.59. The lowest BCUT2D eigenvalue weighted by Gasteiger charge is -2.09. The van der Waals surface area contributed by atoms with Crippen LogP contribution >= 0.6 is 0 Å². The van der Waals surface area contributed by atoms with Crippen LogP contribution in [0.5, 0.6) is 5.75 Å². The first-order valence-electron chi connectivity index (χ1n) is 6.55. The van der Waals surface area contributed by atoms with Gasteiger partial charge in [-0.1, -0.05) is 30.3 Å². The van der Waals surface area contributed by atoms with Gasteiger partial charge in [0.2, 0.25) is 0 Å². The quantitative estimate of drug-likeness (QED) is 0.784. The number of nitrogens with zero attached hydrogens (tertiary/aromatic N) is 1. The molecule has 0 unspecified atom stereocenters. The highest BCUT2D eigenvalue weighted by atomic mass is 16.5. The zero-order valence-electron chi connectivity index (χ0n) is 11.3. The van der Waals surface area contributed by atoms with Crippen molar-refractivity contribution in [3.63, 3.8) is 0 Å². The molecule has 20 heavy (non-hydrogen) atoms. The zero-order valence-corrected chi connectivity index (χ0v) is 11.3. The Bertz CT molecular complexity index is 739. The van der Waals surface area contributed by atoms with Crippen LogP contribution < -0.4 is 10.5 Å². The summed E-state index contributed by atoms with van der Waals surface area (Å²) in [4.78, 5) is 4.36. The normalized spacial score (nSPS) is 10.7. The molecule has 100 valence electrons. The van der Waals surface area contributed by atoms with Crippen LogP contribution in [-0.4, -0.2) is 4.98 Å². The van der Waals surface area contributed by atoms with E-state index in [1.54, 1.807) is 6.20 Å². The highest BCUT2D eigenvalue weighted by Crippen LogP contribution is 2.25. The molecule has 3 rings (SSSR count). The molecule has 2 N–H and O–H groups in total. The van der Waals surface area contributed by atoms with Crippen LogP contribution in [0, 0.1) is 6.92 Å². The van der Waals surface area contributed by atoms with Crippen LogP contribution in [-0.2, 0) is 6.61 Å². The maximum absolute atomic E-state index is 5.85. The minimum atomic E-state index is 0.557. The second-order valence-corrected chi connectivity index (χ2v) is 4.85. The lowest BCUT2D eigenvalue weighted by Crippen LogP contribution is -1.96. The van der Waals surface area contributed by atoms with Crippen molar-refractivity contribution in [1.82, 2.24) is 4.98 Å². The van der Waals surface area contributed by atoms with Gasteiger partial charge in [-0.05, 0) is 36.2 Å². The maximum Gasteiger partial charge on any atom is 0.120 e. The molecule has 0 atom stereocenters. The fourth-order valence-corrected chi connectivity index (χ4v) is 2.24. The molecule has 1 aromatic heterocycles. The average molecular weight is 264 g/mol. The number of fused-ring (bicyclic) bond motifs is 1. The SMILES string of the molecule is Cc1cc(OCc2ccccc2)cc2cc(N)cnc12. The second kappa shape index (κ2) is 5.21. The number of aromatic nitrogens is 1. The van der Waals surface area contributed by atoms with E-state index in [9.17, 15) is 0 Å². The van der Waals surface area contributed by atoms with Gasteiger partial charge in [-0.2, -0.15) is 0 Å². The Balaban J connectivity index is 1.88. The summed E-state index contributed by atoms with van der Waals surface area (Å²) >= 11 is 0. The molecule has 0 aliphatic carbocycles. The van der Waals surface area contributed by atoms with Crippen LogP contribution in [0.25, 0.3) is 10.9 Å². The summed E-state index contributed by atoms with van der Waals surface area (Å²) in [7, 11) is 0. The first-order chi connectivity index (χ1) is 9.72. The Morgan fingerprint density at radius 3 is 2.70 bits per heavy atom. The molecule has 0 radical (unpaired) electrons. The molecule has 1 heterocycles. The van der Waals surface area contributed by atoms with E-state index in [1.807, 2.05) is 55.5 Å². The molecule has 3 nitrogen and oxygen atoms in total. The number of hydrogen-bond acceptors (Lipinski definition) is 3. The second-order valence-electron chi connectivity index (χ2n) is 4.85. The van der Waals surface area contributed by atoms with Gasteiger partial charge in [-0.25, -0.2) is 0 Å². The Labute approximate surface area is 118 Å². The summed E-state index contributed by atoms with van der Waals surface area (Å²) in [5.41, 5.74) is 9.65. The van der Waals surface area contributed by atoms with Gasteiger partial charge in [0, 0.05) is 5.39 Å². The van der Waals surface area contributed by atoms with Crippen molar-refractivity contribution in [1.29, 1.82) is 0 Å². The summed E-state index contributed by atoms with van der Waals surface area (Å²) in [6, 6.07) is 16.0. The number of nitrogen functional groups attached to an aromatic ring is 1. The lowest BCUT2D eigenvalue weighted by atomic mass is 10.1. The van der Waals surface area contributed by atoms with E-state index >= 15 is 0 Å². The smallest absolute Gasteiger partial charge is 0.120 e. The van der Waals surface area contributed by atoms with Gasteiger partial charge in [0.25, 0.3) is 0 Å². The first kappa shape index (κ1) is 12.5. The number of hydrogen-bond donors (Lipinski definition) is 1. The number of nitrogens with two attached hydrogens (primary N) is 1. The fraction of sp³-hybridized carbons (Fsp3) is 0.118. The molecule has 2 aromatic carbocycles. The monoisotopic (exact) mass is 264 g/mol. The number of benzene rings is 2. The molecule has 3 aromatic rings.